The molecule has 1 saturated heterocycles. The number of hydrogen-bond acceptors (Lipinski definition) is 5. The molecule has 0 unspecified atom stereocenters. The third-order valence-electron chi connectivity index (χ3n) is 4.81. The van der Waals surface area contributed by atoms with E-state index >= 15 is 0 Å². The highest BCUT2D eigenvalue weighted by atomic mass is 16.5. The molecule has 0 amide bonds. The fourth-order valence-electron chi connectivity index (χ4n) is 3.40. The summed E-state index contributed by atoms with van der Waals surface area (Å²) in [6, 6.07) is 8.33. The van der Waals surface area contributed by atoms with Gasteiger partial charge in [-0.2, -0.15) is 0 Å². The number of ether oxygens (including phenoxy) is 2. The van der Waals surface area contributed by atoms with Gasteiger partial charge in [-0.15, -0.1) is 0 Å². The number of fused-ring (bicyclic) bond motifs is 1. The van der Waals surface area contributed by atoms with E-state index in [9.17, 15) is 0 Å². The summed E-state index contributed by atoms with van der Waals surface area (Å²) in [5, 5.41) is 4.67. The van der Waals surface area contributed by atoms with Crippen molar-refractivity contribution in [3.63, 3.8) is 0 Å². The molecule has 1 aliphatic rings. The molecule has 1 aromatic carbocycles. The highest BCUT2D eigenvalue weighted by Crippen LogP contribution is 2.28. The minimum atomic E-state index is 0.0960. The zero-order chi connectivity index (χ0) is 17.2. The molecular formula is C19H23N3O3. The molecule has 1 aliphatic heterocycles. The number of methoxy groups -OCH3 is 1. The van der Waals surface area contributed by atoms with E-state index in [4.69, 9.17) is 13.9 Å². The van der Waals surface area contributed by atoms with Gasteiger partial charge in [0.15, 0.2) is 0 Å². The lowest BCUT2D eigenvalue weighted by atomic mass is 10.0. The van der Waals surface area contributed by atoms with Gasteiger partial charge in [0.05, 0.1) is 31.9 Å². The first kappa shape index (κ1) is 16.2. The van der Waals surface area contributed by atoms with Gasteiger partial charge < -0.3 is 23.8 Å². The number of aromatic nitrogens is 2. The largest absolute Gasteiger partial charge is 0.497 e. The zero-order valence-electron chi connectivity index (χ0n) is 14.6. The van der Waals surface area contributed by atoms with Gasteiger partial charge in [0, 0.05) is 25.1 Å². The summed E-state index contributed by atoms with van der Waals surface area (Å²) >= 11 is 0. The van der Waals surface area contributed by atoms with Gasteiger partial charge in [-0.25, -0.2) is 4.98 Å². The summed E-state index contributed by atoms with van der Waals surface area (Å²) in [5.41, 5.74) is 2.01. The first-order valence-corrected chi connectivity index (χ1v) is 8.60. The molecule has 0 radical (unpaired) electrons. The number of nitrogens with zero attached hydrogens (tertiary/aromatic N) is 2. The van der Waals surface area contributed by atoms with Crippen LogP contribution in [0.3, 0.4) is 0 Å². The molecule has 0 spiro atoms. The Hall–Kier alpha value is -2.31. The van der Waals surface area contributed by atoms with Crippen molar-refractivity contribution in [1.82, 2.24) is 14.9 Å². The highest BCUT2D eigenvalue weighted by molar-refractivity contribution is 5.79. The second-order valence-electron chi connectivity index (χ2n) is 6.51. The van der Waals surface area contributed by atoms with Crippen molar-refractivity contribution in [2.45, 2.75) is 31.5 Å². The van der Waals surface area contributed by atoms with Crippen molar-refractivity contribution in [3.8, 4) is 5.75 Å². The zero-order valence-corrected chi connectivity index (χ0v) is 14.6. The Bertz CT molecular complexity index is 855. The Morgan fingerprint density at radius 3 is 3.08 bits per heavy atom. The molecule has 1 fully saturated rings. The molecule has 3 heterocycles. The Kier molecular flexibility index (Phi) is 4.46. The lowest BCUT2D eigenvalue weighted by Gasteiger charge is -2.30. The van der Waals surface area contributed by atoms with Crippen LogP contribution in [0.2, 0.25) is 0 Å². The summed E-state index contributed by atoms with van der Waals surface area (Å²) in [7, 11) is 3.68. The van der Waals surface area contributed by atoms with Crippen LogP contribution < -0.4 is 10.1 Å². The maximum absolute atomic E-state index is 5.92. The SMILES string of the molecule is COc1ccc2oc(CN[C@H]3CCO[C@H](c4cncn4C)C3)cc2c1. The van der Waals surface area contributed by atoms with E-state index in [0.29, 0.717) is 12.6 Å². The molecule has 6 heteroatoms. The topological polar surface area (TPSA) is 61.4 Å². The van der Waals surface area contributed by atoms with Crippen LogP contribution in [0.15, 0.2) is 41.2 Å². The smallest absolute Gasteiger partial charge is 0.134 e. The van der Waals surface area contributed by atoms with Crippen molar-refractivity contribution in [3.05, 3.63) is 48.2 Å². The molecule has 2 aromatic heterocycles. The molecule has 0 bridgehead atoms. The van der Waals surface area contributed by atoms with Crippen LogP contribution in [0.25, 0.3) is 11.0 Å². The lowest BCUT2D eigenvalue weighted by molar-refractivity contribution is -0.00428. The van der Waals surface area contributed by atoms with E-state index in [1.54, 1.807) is 7.11 Å². The molecule has 0 aliphatic carbocycles. The quantitative estimate of drug-likeness (QED) is 0.772. The van der Waals surface area contributed by atoms with Crippen LogP contribution in [-0.2, 0) is 18.3 Å². The molecule has 1 N–H and O–H groups in total. The van der Waals surface area contributed by atoms with E-state index in [1.165, 1.54) is 0 Å². The number of furan rings is 1. The minimum absolute atomic E-state index is 0.0960. The van der Waals surface area contributed by atoms with Crippen molar-refractivity contribution in [1.29, 1.82) is 0 Å². The summed E-state index contributed by atoms with van der Waals surface area (Å²) in [4.78, 5) is 4.19. The van der Waals surface area contributed by atoms with Gasteiger partial charge in [-0.3, -0.25) is 0 Å². The maximum atomic E-state index is 5.92. The van der Waals surface area contributed by atoms with Crippen LogP contribution in [-0.4, -0.2) is 29.3 Å². The molecule has 25 heavy (non-hydrogen) atoms. The first-order chi connectivity index (χ1) is 12.2. The third kappa shape index (κ3) is 3.41. The Morgan fingerprint density at radius 1 is 1.36 bits per heavy atom. The maximum Gasteiger partial charge on any atom is 0.134 e. The normalized spacial score (nSPS) is 20.9. The van der Waals surface area contributed by atoms with Gasteiger partial charge in [-0.05, 0) is 37.1 Å². The van der Waals surface area contributed by atoms with E-state index < -0.39 is 0 Å². The molecule has 6 nitrogen and oxygen atoms in total. The number of benzene rings is 1. The van der Waals surface area contributed by atoms with Crippen molar-refractivity contribution >= 4 is 11.0 Å². The van der Waals surface area contributed by atoms with Gasteiger partial charge in [0.25, 0.3) is 0 Å². The molecule has 3 aromatic rings. The van der Waals surface area contributed by atoms with Crippen molar-refractivity contribution in [2.75, 3.05) is 13.7 Å². The summed E-state index contributed by atoms with van der Waals surface area (Å²) in [6.07, 6.45) is 5.74. The number of nitrogens with one attached hydrogen (secondary N) is 1. The molecule has 4 rings (SSSR count). The van der Waals surface area contributed by atoms with E-state index in [-0.39, 0.29) is 6.10 Å². The van der Waals surface area contributed by atoms with Crippen LogP contribution in [0, 0.1) is 0 Å². The number of hydrogen-bond donors (Lipinski definition) is 1. The molecule has 2 atom stereocenters. The second-order valence-corrected chi connectivity index (χ2v) is 6.51. The minimum Gasteiger partial charge on any atom is -0.497 e. The predicted molar refractivity (Wildman–Crippen MR) is 94.5 cm³/mol. The van der Waals surface area contributed by atoms with Gasteiger partial charge >= 0.3 is 0 Å². The fourth-order valence-corrected chi connectivity index (χ4v) is 3.40. The average Bonchev–Trinajstić information content (AvgIpc) is 3.25. The summed E-state index contributed by atoms with van der Waals surface area (Å²) in [5.74, 6) is 1.78. The predicted octanol–water partition coefficient (Wildman–Crippen LogP) is 3.18. The van der Waals surface area contributed by atoms with Crippen LogP contribution in [0.4, 0.5) is 0 Å². The first-order valence-electron chi connectivity index (χ1n) is 8.60. The van der Waals surface area contributed by atoms with Crippen LogP contribution >= 0.6 is 0 Å². The Morgan fingerprint density at radius 2 is 2.28 bits per heavy atom. The van der Waals surface area contributed by atoms with Crippen molar-refractivity contribution < 1.29 is 13.9 Å². The second kappa shape index (κ2) is 6.90. The number of rotatable bonds is 5. The van der Waals surface area contributed by atoms with Gasteiger partial charge in [0.1, 0.15) is 23.2 Å². The third-order valence-corrected chi connectivity index (χ3v) is 4.81. The molecule has 0 saturated carbocycles. The van der Waals surface area contributed by atoms with Crippen LogP contribution in [0.5, 0.6) is 5.75 Å². The fraction of sp³-hybridized carbons (Fsp3) is 0.421. The Balaban J connectivity index is 1.40. The number of aryl methyl sites for hydroxylation is 1. The monoisotopic (exact) mass is 341 g/mol. The summed E-state index contributed by atoms with van der Waals surface area (Å²) in [6.45, 7) is 1.46. The van der Waals surface area contributed by atoms with E-state index in [1.807, 2.05) is 42.3 Å². The summed E-state index contributed by atoms with van der Waals surface area (Å²) < 4.78 is 19.1. The molecular weight excluding hydrogens is 318 g/mol. The Labute approximate surface area is 146 Å². The average molecular weight is 341 g/mol. The van der Waals surface area contributed by atoms with Crippen LogP contribution in [0.1, 0.15) is 30.4 Å². The highest BCUT2D eigenvalue weighted by Gasteiger charge is 2.25. The van der Waals surface area contributed by atoms with Gasteiger partial charge in [0.2, 0.25) is 0 Å². The van der Waals surface area contributed by atoms with Gasteiger partial charge in [-0.1, -0.05) is 0 Å². The standard InChI is InChI=1S/C19H23N3O3/c1-22-12-20-11-17(22)19-9-14(5-6-24-19)21-10-16-8-13-7-15(23-2)3-4-18(13)25-16/h3-4,7-8,11-12,14,19,21H,5-6,9-10H2,1-2H3/t14-,19-/m0/s1. The van der Waals surface area contributed by atoms with E-state index in [2.05, 4.69) is 16.4 Å². The lowest BCUT2D eigenvalue weighted by Crippen LogP contribution is -2.36. The number of imidazole rings is 1. The molecule has 132 valence electrons. The van der Waals surface area contributed by atoms with E-state index in [0.717, 1.165) is 47.6 Å². The van der Waals surface area contributed by atoms with Crippen molar-refractivity contribution in [2.24, 2.45) is 7.05 Å².